The number of hydrogen-bond donors (Lipinski definition) is 1. The van der Waals surface area contributed by atoms with Crippen LogP contribution in [0.2, 0.25) is 0 Å². The number of sulfonamides is 1. The van der Waals surface area contributed by atoms with Crippen molar-refractivity contribution in [2.24, 2.45) is 11.1 Å². The van der Waals surface area contributed by atoms with Gasteiger partial charge in [-0.1, -0.05) is 13.8 Å². The molecule has 0 radical (unpaired) electrons. The van der Waals surface area contributed by atoms with Gasteiger partial charge in [0, 0.05) is 12.7 Å². The fourth-order valence-electron chi connectivity index (χ4n) is 1.23. The molecule has 2 N–H and O–H groups in total. The van der Waals surface area contributed by atoms with Gasteiger partial charge in [-0.25, -0.2) is 18.4 Å². The van der Waals surface area contributed by atoms with Gasteiger partial charge < -0.3 is 13.9 Å². The SMILES string of the molecule is CC(C)COCCOC(=O)c1cc(S(N)(=O)=O)c(Br)o1. The fourth-order valence-corrected chi connectivity index (χ4v) is 2.73. The van der Waals surface area contributed by atoms with Crippen LogP contribution in [-0.4, -0.2) is 34.2 Å². The molecule has 0 aliphatic heterocycles. The number of carbonyl (C=O) groups is 1. The van der Waals surface area contributed by atoms with E-state index in [4.69, 9.17) is 19.0 Å². The molecule has 0 aliphatic carbocycles. The molecule has 20 heavy (non-hydrogen) atoms. The highest BCUT2D eigenvalue weighted by Crippen LogP contribution is 2.25. The lowest BCUT2D eigenvalue weighted by atomic mass is 10.2. The van der Waals surface area contributed by atoms with Crippen LogP contribution in [0.3, 0.4) is 0 Å². The third-order valence-electron chi connectivity index (χ3n) is 2.08. The summed E-state index contributed by atoms with van der Waals surface area (Å²) >= 11 is 2.87. The molecule has 1 aromatic rings. The smallest absolute Gasteiger partial charge is 0.374 e. The standard InChI is InChI=1S/C11H16BrNO6S/c1-7(2)6-17-3-4-18-11(14)8-5-9(10(12)19-8)20(13,15)16/h5,7H,3-4,6H2,1-2H3,(H2,13,15,16). The molecule has 1 heterocycles. The molecule has 9 heteroatoms. The third kappa shape index (κ3) is 5.23. The summed E-state index contributed by atoms with van der Waals surface area (Å²) < 4.78 is 37.2. The van der Waals surface area contributed by atoms with E-state index in [0.29, 0.717) is 12.5 Å². The summed E-state index contributed by atoms with van der Waals surface area (Å²) in [5.41, 5.74) is 0. The van der Waals surface area contributed by atoms with Gasteiger partial charge in [-0.3, -0.25) is 0 Å². The van der Waals surface area contributed by atoms with Crippen molar-refractivity contribution in [2.75, 3.05) is 19.8 Å². The van der Waals surface area contributed by atoms with E-state index in [1.807, 2.05) is 13.8 Å². The molecule has 1 rings (SSSR count). The van der Waals surface area contributed by atoms with Gasteiger partial charge in [0.05, 0.1) is 6.61 Å². The van der Waals surface area contributed by atoms with Crippen molar-refractivity contribution in [3.8, 4) is 0 Å². The second kappa shape index (κ2) is 7.21. The van der Waals surface area contributed by atoms with Crippen LogP contribution in [0.1, 0.15) is 24.4 Å². The Kier molecular flexibility index (Phi) is 6.18. The van der Waals surface area contributed by atoms with E-state index in [9.17, 15) is 13.2 Å². The maximum absolute atomic E-state index is 11.6. The molecule has 0 bridgehead atoms. The molecule has 1 aromatic heterocycles. The minimum atomic E-state index is -3.96. The van der Waals surface area contributed by atoms with Crippen molar-refractivity contribution in [1.82, 2.24) is 0 Å². The Morgan fingerprint density at radius 2 is 2.10 bits per heavy atom. The highest BCUT2D eigenvalue weighted by atomic mass is 79.9. The molecule has 0 saturated heterocycles. The van der Waals surface area contributed by atoms with E-state index >= 15 is 0 Å². The summed E-state index contributed by atoms with van der Waals surface area (Å²) in [5, 5.41) is 4.95. The lowest BCUT2D eigenvalue weighted by Gasteiger charge is -2.06. The molecular weight excluding hydrogens is 354 g/mol. The van der Waals surface area contributed by atoms with Gasteiger partial charge in [0.15, 0.2) is 4.67 Å². The third-order valence-corrected chi connectivity index (χ3v) is 3.84. The van der Waals surface area contributed by atoms with Gasteiger partial charge in [0.1, 0.15) is 11.5 Å². The number of furan rings is 1. The molecule has 0 unspecified atom stereocenters. The van der Waals surface area contributed by atoms with Crippen LogP contribution in [0, 0.1) is 5.92 Å². The van der Waals surface area contributed by atoms with Gasteiger partial charge in [0.2, 0.25) is 15.8 Å². The fraction of sp³-hybridized carbons (Fsp3) is 0.545. The highest BCUT2D eigenvalue weighted by Gasteiger charge is 2.22. The van der Waals surface area contributed by atoms with Crippen LogP contribution in [0.15, 0.2) is 20.0 Å². The molecule has 0 fully saturated rings. The van der Waals surface area contributed by atoms with E-state index in [0.717, 1.165) is 6.07 Å². The predicted molar refractivity (Wildman–Crippen MR) is 73.7 cm³/mol. The Balaban J connectivity index is 2.53. The molecule has 0 atom stereocenters. The van der Waals surface area contributed by atoms with E-state index in [1.165, 1.54) is 0 Å². The average Bonchev–Trinajstić information content (AvgIpc) is 2.70. The van der Waals surface area contributed by atoms with Crippen molar-refractivity contribution in [1.29, 1.82) is 0 Å². The summed E-state index contributed by atoms with van der Waals surface area (Å²) in [4.78, 5) is 11.3. The van der Waals surface area contributed by atoms with Gasteiger partial charge in [0.25, 0.3) is 0 Å². The molecule has 0 amide bonds. The molecule has 114 valence electrons. The molecule has 0 aliphatic rings. The lowest BCUT2D eigenvalue weighted by Crippen LogP contribution is -2.13. The van der Waals surface area contributed by atoms with Gasteiger partial charge in [-0.2, -0.15) is 0 Å². The summed E-state index contributed by atoms with van der Waals surface area (Å²) in [6.07, 6.45) is 0. The molecular formula is C11H16BrNO6S. The number of hydrogen-bond acceptors (Lipinski definition) is 6. The van der Waals surface area contributed by atoms with Crippen LogP contribution in [0.5, 0.6) is 0 Å². The maximum atomic E-state index is 11.6. The first kappa shape index (κ1) is 17.2. The molecule has 0 aromatic carbocycles. The molecule has 0 spiro atoms. The van der Waals surface area contributed by atoms with Gasteiger partial charge in [-0.05, 0) is 21.8 Å². The highest BCUT2D eigenvalue weighted by molar-refractivity contribution is 9.10. The number of carbonyl (C=O) groups excluding carboxylic acids is 1. The number of halogens is 1. The van der Waals surface area contributed by atoms with Crippen LogP contribution < -0.4 is 5.14 Å². The van der Waals surface area contributed by atoms with Crippen molar-refractivity contribution in [3.63, 3.8) is 0 Å². The monoisotopic (exact) mass is 369 g/mol. The summed E-state index contributed by atoms with van der Waals surface area (Å²) in [6.45, 7) is 4.88. The van der Waals surface area contributed by atoms with Crippen molar-refractivity contribution >= 4 is 31.9 Å². The maximum Gasteiger partial charge on any atom is 0.374 e. The minimum absolute atomic E-state index is 0.0502. The van der Waals surface area contributed by atoms with Crippen molar-refractivity contribution < 1.29 is 27.1 Å². The summed E-state index contributed by atoms with van der Waals surface area (Å²) in [5.74, 6) is -0.637. The largest absolute Gasteiger partial charge is 0.457 e. The van der Waals surface area contributed by atoms with Crippen molar-refractivity contribution in [2.45, 2.75) is 18.7 Å². The second-order valence-corrected chi connectivity index (χ2v) is 6.65. The number of primary sulfonamides is 1. The Morgan fingerprint density at radius 1 is 1.45 bits per heavy atom. The second-order valence-electron chi connectivity index (χ2n) is 4.40. The number of ether oxygens (including phenoxy) is 2. The van der Waals surface area contributed by atoms with Gasteiger partial charge >= 0.3 is 5.97 Å². The average molecular weight is 370 g/mol. The summed E-state index contributed by atoms with van der Waals surface area (Å²) in [7, 11) is -3.96. The van der Waals surface area contributed by atoms with E-state index < -0.39 is 16.0 Å². The normalized spacial score (nSPS) is 11.8. The zero-order chi connectivity index (χ0) is 15.3. The summed E-state index contributed by atoms with van der Waals surface area (Å²) in [6, 6.07) is 1.01. The van der Waals surface area contributed by atoms with E-state index in [2.05, 4.69) is 15.9 Å². The van der Waals surface area contributed by atoms with Crippen LogP contribution in [-0.2, 0) is 19.5 Å². The predicted octanol–water partition coefficient (Wildman–Crippen LogP) is 1.52. The van der Waals surface area contributed by atoms with Crippen molar-refractivity contribution in [3.05, 3.63) is 16.5 Å². The topological polar surface area (TPSA) is 109 Å². The Bertz CT molecular complexity index is 565. The zero-order valence-electron chi connectivity index (χ0n) is 11.1. The van der Waals surface area contributed by atoms with E-state index in [1.54, 1.807) is 0 Å². The Hall–Kier alpha value is -0.900. The number of esters is 1. The Labute approximate surface area is 125 Å². The first-order chi connectivity index (χ1) is 9.21. The first-order valence-electron chi connectivity index (χ1n) is 5.78. The van der Waals surface area contributed by atoms with E-state index in [-0.39, 0.29) is 28.5 Å². The Morgan fingerprint density at radius 3 is 2.60 bits per heavy atom. The molecule has 0 saturated carbocycles. The minimum Gasteiger partial charge on any atom is -0.457 e. The number of nitrogens with two attached hydrogens (primary N) is 1. The first-order valence-corrected chi connectivity index (χ1v) is 8.12. The molecule has 7 nitrogen and oxygen atoms in total. The van der Waals surface area contributed by atoms with Crippen LogP contribution >= 0.6 is 15.9 Å². The zero-order valence-corrected chi connectivity index (χ0v) is 13.5. The lowest BCUT2D eigenvalue weighted by molar-refractivity contribution is 0.0249. The van der Waals surface area contributed by atoms with Crippen LogP contribution in [0.25, 0.3) is 0 Å². The quantitative estimate of drug-likeness (QED) is 0.576. The number of rotatable bonds is 7. The van der Waals surface area contributed by atoms with Gasteiger partial charge in [-0.15, -0.1) is 0 Å². The van der Waals surface area contributed by atoms with Crippen LogP contribution in [0.4, 0.5) is 0 Å².